The zero-order valence-corrected chi connectivity index (χ0v) is 10.4. The van der Waals surface area contributed by atoms with Crippen LogP contribution in [0.5, 0.6) is 0 Å². The van der Waals surface area contributed by atoms with Crippen molar-refractivity contribution in [2.24, 2.45) is 0 Å². The quantitative estimate of drug-likeness (QED) is 0.410. The van der Waals surface area contributed by atoms with Gasteiger partial charge in [-0.3, -0.25) is 0 Å². The lowest BCUT2D eigenvalue weighted by molar-refractivity contribution is -0.807. The number of ether oxygens (including phenoxy) is 1. The molecule has 0 unspecified atom stereocenters. The summed E-state index contributed by atoms with van der Waals surface area (Å²) in [6, 6.07) is 0.469. The molecule has 8 heteroatoms. The fourth-order valence-electron chi connectivity index (χ4n) is 2.07. The molecule has 4 N–H and O–H groups in total. The van der Waals surface area contributed by atoms with Crippen LogP contribution in [-0.2, 0) is 11.3 Å². The summed E-state index contributed by atoms with van der Waals surface area (Å²) in [5.41, 5.74) is 1.16. The van der Waals surface area contributed by atoms with Crippen LogP contribution in [0.4, 0.5) is 0 Å². The van der Waals surface area contributed by atoms with Crippen LogP contribution >= 0.6 is 0 Å². The first-order valence-electron chi connectivity index (χ1n) is 4.77. The van der Waals surface area contributed by atoms with Gasteiger partial charge in [-0.2, -0.15) is 0 Å². The first-order chi connectivity index (χ1) is 6.95. The zero-order chi connectivity index (χ0) is 9.97. The molecule has 0 saturated carbocycles. The zero-order valence-electron chi connectivity index (χ0n) is 8.94. The Hall–Kier alpha value is -0.400. The highest BCUT2D eigenvalue weighted by atomic mass is 35.5. The first-order valence-corrected chi connectivity index (χ1v) is 4.77. The number of hydrogen-bond donors (Lipinski definition) is 3. The lowest BCUT2D eigenvalue weighted by atomic mass is 10.2. The van der Waals surface area contributed by atoms with E-state index in [1.165, 1.54) is 0 Å². The maximum atomic E-state index is 7.00. The van der Waals surface area contributed by atoms with Crippen LogP contribution in [0.25, 0.3) is 0 Å². The molecule has 3 heterocycles. The van der Waals surface area contributed by atoms with Gasteiger partial charge in [-0.25, -0.2) is 0 Å². The molecule has 1 aromatic rings. The van der Waals surface area contributed by atoms with Crippen LogP contribution in [0, 0.1) is 0 Å². The summed E-state index contributed by atoms with van der Waals surface area (Å²) in [6.45, 7) is 2.88. The summed E-state index contributed by atoms with van der Waals surface area (Å²) < 4.78 is 7.81. The van der Waals surface area contributed by atoms with Crippen molar-refractivity contribution in [2.75, 3.05) is 20.2 Å². The summed E-state index contributed by atoms with van der Waals surface area (Å²) in [4.78, 5) is 0. The lowest BCUT2D eigenvalue weighted by Crippen LogP contribution is -3.00. The number of aromatic amines is 1. The van der Waals surface area contributed by atoms with Crippen LogP contribution in [0.2, 0.25) is 0 Å². The SMILES string of the molecule is CO.[Cl-].[Cl-].c1n[nH][n+]2c1CO[C@H]1C[NH2+]C[C@@H]12. The summed E-state index contributed by atoms with van der Waals surface area (Å²) in [6.07, 6.45) is 2.22. The van der Waals surface area contributed by atoms with Crippen molar-refractivity contribution < 1.29 is 44.7 Å². The average molecular weight is 271 g/mol. The number of halogens is 2. The number of quaternary nitrogens is 1. The fourth-order valence-corrected chi connectivity index (χ4v) is 2.07. The predicted molar refractivity (Wildman–Crippen MR) is 46.2 cm³/mol. The molecule has 0 spiro atoms. The Balaban J connectivity index is 0.000000536. The van der Waals surface area contributed by atoms with E-state index in [0.29, 0.717) is 18.8 Å². The van der Waals surface area contributed by atoms with Gasteiger partial charge in [0.1, 0.15) is 19.7 Å². The largest absolute Gasteiger partial charge is 1.00 e. The molecule has 2 atom stereocenters. The minimum atomic E-state index is 0. The highest BCUT2D eigenvalue weighted by Gasteiger charge is 2.42. The average Bonchev–Trinajstić information content (AvgIpc) is 2.88. The minimum absolute atomic E-state index is 0. The number of nitrogens with one attached hydrogen (secondary N) is 1. The fraction of sp³-hybridized carbons (Fsp3) is 0.750. The third kappa shape index (κ3) is 2.64. The Morgan fingerprint density at radius 2 is 2.25 bits per heavy atom. The van der Waals surface area contributed by atoms with Gasteiger partial charge in [0.2, 0.25) is 12.2 Å². The molecule has 2 aliphatic heterocycles. The summed E-state index contributed by atoms with van der Waals surface area (Å²) >= 11 is 0. The van der Waals surface area contributed by atoms with Crippen LogP contribution in [-0.4, -0.2) is 41.7 Å². The van der Waals surface area contributed by atoms with Gasteiger partial charge < -0.3 is 40.0 Å². The number of aromatic nitrogens is 3. The van der Waals surface area contributed by atoms with E-state index in [1.54, 1.807) is 0 Å². The minimum Gasteiger partial charge on any atom is -1.00 e. The van der Waals surface area contributed by atoms with Gasteiger partial charge in [0, 0.05) is 12.2 Å². The van der Waals surface area contributed by atoms with Crippen LogP contribution in [0.1, 0.15) is 11.7 Å². The number of nitrogens with two attached hydrogens (primary N) is 1. The second-order valence-electron chi connectivity index (χ2n) is 3.40. The molecule has 0 amide bonds. The number of aliphatic hydroxyl groups is 1. The lowest BCUT2D eigenvalue weighted by Gasteiger charge is -2.18. The van der Waals surface area contributed by atoms with Crippen LogP contribution in [0.3, 0.4) is 0 Å². The third-order valence-corrected chi connectivity index (χ3v) is 2.70. The van der Waals surface area contributed by atoms with E-state index in [4.69, 9.17) is 9.84 Å². The highest BCUT2D eigenvalue weighted by Crippen LogP contribution is 2.15. The van der Waals surface area contributed by atoms with Crippen molar-refractivity contribution in [2.45, 2.75) is 18.8 Å². The molecule has 94 valence electrons. The third-order valence-electron chi connectivity index (χ3n) is 2.70. The number of aliphatic hydroxyl groups excluding tert-OH is 1. The van der Waals surface area contributed by atoms with Crippen molar-refractivity contribution in [1.29, 1.82) is 0 Å². The number of hydrogen-bond acceptors (Lipinski definition) is 3. The van der Waals surface area contributed by atoms with Gasteiger partial charge in [-0.1, -0.05) is 5.21 Å². The molecule has 1 aromatic heterocycles. The van der Waals surface area contributed by atoms with Crippen molar-refractivity contribution >= 4 is 0 Å². The maximum Gasteiger partial charge on any atom is 0.211 e. The highest BCUT2D eigenvalue weighted by molar-refractivity contribution is 4.85. The molecular formula is C8H16Cl2N4O2. The van der Waals surface area contributed by atoms with Gasteiger partial charge >= 0.3 is 0 Å². The van der Waals surface area contributed by atoms with Gasteiger partial charge in [0.15, 0.2) is 11.8 Å². The van der Waals surface area contributed by atoms with E-state index in [0.717, 1.165) is 25.9 Å². The van der Waals surface area contributed by atoms with Crippen LogP contribution in [0.15, 0.2) is 6.20 Å². The smallest absolute Gasteiger partial charge is 0.211 e. The number of rotatable bonds is 0. The van der Waals surface area contributed by atoms with E-state index in [-0.39, 0.29) is 24.8 Å². The van der Waals surface area contributed by atoms with Gasteiger partial charge in [-0.15, -0.1) is 4.68 Å². The Kier molecular flexibility index (Phi) is 6.85. The van der Waals surface area contributed by atoms with Crippen LogP contribution < -0.4 is 34.8 Å². The van der Waals surface area contributed by atoms with Gasteiger partial charge in [-0.05, 0) is 0 Å². The topological polar surface area (TPSA) is 78.6 Å². The van der Waals surface area contributed by atoms with E-state index in [1.807, 2.05) is 6.20 Å². The predicted octanol–water partition coefficient (Wildman–Crippen LogP) is -8.67. The number of H-pyrrole nitrogens is 1. The summed E-state index contributed by atoms with van der Waals surface area (Å²) in [7, 11) is 1.00. The van der Waals surface area contributed by atoms with E-state index >= 15 is 0 Å². The normalized spacial score (nSPS) is 25.1. The number of fused-ring (bicyclic) bond motifs is 3. The molecular weight excluding hydrogens is 255 g/mol. The maximum absolute atomic E-state index is 7.00. The Labute approximate surface area is 106 Å². The molecule has 0 bridgehead atoms. The number of nitrogens with zero attached hydrogens (tertiary/aromatic N) is 2. The van der Waals surface area contributed by atoms with Gasteiger partial charge in [0.25, 0.3) is 0 Å². The molecule has 16 heavy (non-hydrogen) atoms. The van der Waals surface area contributed by atoms with Crippen molar-refractivity contribution in [3.63, 3.8) is 0 Å². The molecule has 6 nitrogen and oxygen atoms in total. The Morgan fingerprint density at radius 3 is 3.00 bits per heavy atom. The molecule has 2 aliphatic rings. The van der Waals surface area contributed by atoms with Crippen molar-refractivity contribution in [1.82, 2.24) is 10.3 Å². The Bertz CT molecular complexity index is 310. The Morgan fingerprint density at radius 1 is 1.50 bits per heavy atom. The first kappa shape index (κ1) is 15.6. The second kappa shape index (κ2) is 7.03. The monoisotopic (exact) mass is 270 g/mol. The van der Waals surface area contributed by atoms with Crippen molar-refractivity contribution in [3.05, 3.63) is 11.9 Å². The summed E-state index contributed by atoms with van der Waals surface area (Å²) in [5.74, 6) is 0. The molecule has 0 aliphatic carbocycles. The molecule has 0 aromatic carbocycles. The summed E-state index contributed by atoms with van der Waals surface area (Å²) in [5, 5.41) is 16.3. The van der Waals surface area contributed by atoms with E-state index in [2.05, 4.69) is 20.3 Å². The molecule has 0 radical (unpaired) electrons. The second-order valence-corrected chi connectivity index (χ2v) is 3.40. The molecule has 3 rings (SSSR count). The molecule has 1 fully saturated rings. The van der Waals surface area contributed by atoms with Gasteiger partial charge in [0.05, 0.1) is 0 Å². The molecule has 1 saturated heterocycles. The van der Waals surface area contributed by atoms with E-state index < -0.39 is 0 Å². The van der Waals surface area contributed by atoms with E-state index in [9.17, 15) is 0 Å². The van der Waals surface area contributed by atoms with Crippen molar-refractivity contribution in [3.8, 4) is 0 Å². The standard InChI is InChI=1S/C7H10N4O.CH4O.2ClH/c1-5-4-12-7-3-8-2-6(7)11(5)10-9-1;1-2;;/h1,6-8H,2-4H2;2H,1H3;2*1H/t6-,7-;;;/m0.../s1.